The fourth-order valence-electron chi connectivity index (χ4n) is 3.30. The van der Waals surface area contributed by atoms with Crippen LogP contribution in [-0.2, 0) is 22.9 Å². The lowest BCUT2D eigenvalue weighted by atomic mass is 10.1. The minimum atomic E-state index is -2.91. The van der Waals surface area contributed by atoms with E-state index in [1.165, 1.54) is 5.56 Å². The first kappa shape index (κ1) is 14.7. The van der Waals surface area contributed by atoms with Gasteiger partial charge in [-0.3, -0.25) is 9.58 Å². The van der Waals surface area contributed by atoms with Gasteiger partial charge in [-0.1, -0.05) is 6.08 Å². The number of nitrogens with one attached hydrogen (secondary N) is 1. The van der Waals surface area contributed by atoms with Gasteiger partial charge >= 0.3 is 0 Å². The van der Waals surface area contributed by atoms with Crippen molar-refractivity contribution in [2.45, 2.75) is 32.1 Å². The maximum atomic E-state index is 11.9. The molecule has 21 heavy (non-hydrogen) atoms. The predicted molar refractivity (Wildman–Crippen MR) is 81.8 cm³/mol. The Morgan fingerprint density at radius 3 is 3.10 bits per heavy atom. The molecule has 6 nitrogen and oxygen atoms in total. The van der Waals surface area contributed by atoms with Gasteiger partial charge in [0.15, 0.2) is 9.84 Å². The van der Waals surface area contributed by atoms with Gasteiger partial charge in [0.2, 0.25) is 0 Å². The maximum absolute atomic E-state index is 11.9. The Balaban J connectivity index is 1.76. The van der Waals surface area contributed by atoms with Gasteiger partial charge in [0.05, 0.1) is 23.7 Å². The minimum Gasteiger partial charge on any atom is -0.310 e. The van der Waals surface area contributed by atoms with Crippen LogP contribution in [0.1, 0.15) is 11.3 Å². The van der Waals surface area contributed by atoms with Crippen LogP contribution in [0.5, 0.6) is 0 Å². The number of fused-ring (bicyclic) bond motifs is 1. The first-order chi connectivity index (χ1) is 9.98. The second kappa shape index (κ2) is 5.55. The van der Waals surface area contributed by atoms with E-state index in [-0.39, 0.29) is 23.6 Å². The number of aromatic nitrogens is 2. The molecule has 2 aliphatic heterocycles. The standard InChI is InChI=1S/C14H22N4O2S/c1-3-5-18-8-12(11(2)16-18)7-17-6-4-15-13-9-21(19,20)10-14(13)17/h3,8,13-15H,1,4-7,9-10H2,2H3/t13-,14+/m0/s1. The van der Waals surface area contributed by atoms with E-state index in [0.717, 1.165) is 25.3 Å². The van der Waals surface area contributed by atoms with Crippen LogP contribution < -0.4 is 5.32 Å². The topological polar surface area (TPSA) is 67.2 Å². The van der Waals surface area contributed by atoms with Gasteiger partial charge in [-0.25, -0.2) is 8.42 Å². The highest BCUT2D eigenvalue weighted by Crippen LogP contribution is 2.23. The molecule has 0 bridgehead atoms. The fourth-order valence-corrected chi connectivity index (χ4v) is 5.29. The maximum Gasteiger partial charge on any atom is 0.153 e. The number of allylic oxidation sites excluding steroid dienone is 1. The molecule has 2 atom stereocenters. The minimum absolute atomic E-state index is 0.0762. The lowest BCUT2D eigenvalue weighted by Gasteiger charge is -2.37. The molecule has 116 valence electrons. The number of nitrogens with zero attached hydrogens (tertiary/aromatic N) is 3. The average molecular weight is 310 g/mol. The van der Waals surface area contributed by atoms with E-state index >= 15 is 0 Å². The molecule has 0 aliphatic carbocycles. The van der Waals surface area contributed by atoms with Gasteiger partial charge in [0.1, 0.15) is 0 Å². The number of aryl methyl sites for hydroxylation is 1. The Labute approximate surface area is 125 Å². The molecule has 0 saturated carbocycles. The fraction of sp³-hybridized carbons (Fsp3) is 0.643. The second-order valence-corrected chi connectivity index (χ2v) is 8.08. The van der Waals surface area contributed by atoms with E-state index in [1.807, 2.05) is 23.9 Å². The summed E-state index contributed by atoms with van der Waals surface area (Å²) in [6, 6.07) is 0.165. The third-order valence-electron chi connectivity index (χ3n) is 4.33. The molecule has 0 unspecified atom stereocenters. The highest BCUT2D eigenvalue weighted by molar-refractivity contribution is 7.91. The molecule has 1 N–H and O–H groups in total. The smallest absolute Gasteiger partial charge is 0.153 e. The SMILES string of the molecule is C=CCn1cc(CN2CCN[C@H]3CS(=O)(=O)C[C@H]32)c(C)n1. The normalized spacial score (nSPS) is 28.4. The Morgan fingerprint density at radius 1 is 1.52 bits per heavy atom. The second-order valence-electron chi connectivity index (χ2n) is 5.93. The van der Waals surface area contributed by atoms with Crippen LogP contribution in [0.15, 0.2) is 18.9 Å². The van der Waals surface area contributed by atoms with Gasteiger partial charge in [0, 0.05) is 43.5 Å². The number of hydrogen-bond acceptors (Lipinski definition) is 5. The first-order valence-electron chi connectivity index (χ1n) is 7.30. The van der Waals surface area contributed by atoms with Crippen LogP contribution in [0.4, 0.5) is 0 Å². The van der Waals surface area contributed by atoms with Crippen molar-refractivity contribution in [3.8, 4) is 0 Å². The quantitative estimate of drug-likeness (QED) is 0.790. The molecule has 1 aromatic rings. The van der Waals surface area contributed by atoms with E-state index in [2.05, 4.69) is 21.9 Å². The number of piperazine rings is 1. The number of hydrogen-bond donors (Lipinski definition) is 1. The molecular weight excluding hydrogens is 288 g/mol. The molecule has 3 rings (SSSR count). The Morgan fingerprint density at radius 2 is 2.33 bits per heavy atom. The van der Waals surface area contributed by atoms with Crippen LogP contribution >= 0.6 is 0 Å². The van der Waals surface area contributed by atoms with Crippen molar-refractivity contribution in [1.82, 2.24) is 20.0 Å². The van der Waals surface area contributed by atoms with Crippen molar-refractivity contribution in [1.29, 1.82) is 0 Å². The molecule has 1 aromatic heterocycles. The summed E-state index contributed by atoms with van der Waals surface area (Å²) in [5, 5.41) is 7.80. The van der Waals surface area contributed by atoms with Crippen LogP contribution in [0.3, 0.4) is 0 Å². The molecule has 2 fully saturated rings. The largest absolute Gasteiger partial charge is 0.310 e. The summed E-state index contributed by atoms with van der Waals surface area (Å²) in [4.78, 5) is 2.29. The molecule has 2 aliphatic rings. The van der Waals surface area contributed by atoms with Crippen molar-refractivity contribution in [3.05, 3.63) is 30.1 Å². The number of sulfone groups is 1. The molecule has 3 heterocycles. The van der Waals surface area contributed by atoms with Gasteiger partial charge in [-0.15, -0.1) is 6.58 Å². The van der Waals surface area contributed by atoms with E-state index in [1.54, 1.807) is 0 Å². The van der Waals surface area contributed by atoms with E-state index in [4.69, 9.17) is 0 Å². The zero-order valence-electron chi connectivity index (χ0n) is 12.3. The summed E-state index contributed by atoms with van der Waals surface area (Å²) in [6.07, 6.45) is 3.86. The molecule has 0 aromatic carbocycles. The van der Waals surface area contributed by atoms with E-state index in [0.29, 0.717) is 6.54 Å². The third-order valence-corrected chi connectivity index (χ3v) is 6.05. The van der Waals surface area contributed by atoms with Crippen molar-refractivity contribution < 1.29 is 8.42 Å². The zero-order valence-corrected chi connectivity index (χ0v) is 13.1. The molecular formula is C14H22N4O2S. The summed E-state index contributed by atoms with van der Waals surface area (Å²) >= 11 is 0. The van der Waals surface area contributed by atoms with E-state index in [9.17, 15) is 8.42 Å². The first-order valence-corrected chi connectivity index (χ1v) is 9.12. The molecule has 0 radical (unpaired) electrons. The van der Waals surface area contributed by atoms with Crippen molar-refractivity contribution in [2.24, 2.45) is 0 Å². The lowest BCUT2D eigenvalue weighted by Crippen LogP contribution is -2.56. The van der Waals surface area contributed by atoms with Gasteiger partial charge in [-0.05, 0) is 6.92 Å². The zero-order chi connectivity index (χ0) is 15.0. The van der Waals surface area contributed by atoms with Crippen LogP contribution in [0, 0.1) is 6.92 Å². The summed E-state index contributed by atoms with van der Waals surface area (Å²) in [5.41, 5.74) is 2.18. The Hall–Kier alpha value is -1.18. The molecule has 0 amide bonds. The van der Waals surface area contributed by atoms with Gasteiger partial charge in [0.25, 0.3) is 0 Å². The van der Waals surface area contributed by atoms with Crippen molar-refractivity contribution in [2.75, 3.05) is 24.6 Å². The molecule has 2 saturated heterocycles. The average Bonchev–Trinajstić information content (AvgIpc) is 2.89. The van der Waals surface area contributed by atoms with E-state index < -0.39 is 9.84 Å². The summed E-state index contributed by atoms with van der Waals surface area (Å²) < 4.78 is 25.6. The lowest BCUT2D eigenvalue weighted by molar-refractivity contribution is 0.141. The highest BCUT2D eigenvalue weighted by atomic mass is 32.2. The van der Waals surface area contributed by atoms with Crippen LogP contribution in [0.2, 0.25) is 0 Å². The highest BCUT2D eigenvalue weighted by Gasteiger charge is 2.42. The summed E-state index contributed by atoms with van der Waals surface area (Å²) in [6.45, 7) is 8.91. The molecule has 7 heteroatoms. The van der Waals surface area contributed by atoms with Gasteiger partial charge < -0.3 is 5.32 Å². The summed E-state index contributed by atoms with van der Waals surface area (Å²) in [7, 11) is -2.91. The summed E-state index contributed by atoms with van der Waals surface area (Å²) in [5.74, 6) is 0.535. The van der Waals surface area contributed by atoms with Crippen LogP contribution in [-0.4, -0.2) is 59.8 Å². The third kappa shape index (κ3) is 3.04. The monoisotopic (exact) mass is 310 g/mol. The Bertz CT molecular complexity index is 637. The Kier molecular flexibility index (Phi) is 3.90. The predicted octanol–water partition coefficient (Wildman–Crippen LogP) is -0.0517. The van der Waals surface area contributed by atoms with Gasteiger partial charge in [-0.2, -0.15) is 5.10 Å². The molecule has 0 spiro atoms. The van der Waals surface area contributed by atoms with Crippen LogP contribution in [0.25, 0.3) is 0 Å². The number of rotatable bonds is 4. The van der Waals surface area contributed by atoms with Crippen molar-refractivity contribution in [3.63, 3.8) is 0 Å². The van der Waals surface area contributed by atoms with Crippen molar-refractivity contribution >= 4 is 9.84 Å².